The molecule has 3 aliphatic carbocycles. The summed E-state index contributed by atoms with van der Waals surface area (Å²) >= 11 is 0. The lowest BCUT2D eigenvalue weighted by Crippen LogP contribution is -2.68. The highest BCUT2D eigenvalue weighted by atomic mass is 16.2. The van der Waals surface area contributed by atoms with Crippen molar-refractivity contribution in [3.63, 3.8) is 0 Å². The molecule has 162 valence electrons. The number of nitrogens with zero attached hydrogens (tertiary/aromatic N) is 1. The van der Waals surface area contributed by atoms with Gasteiger partial charge >= 0.3 is 0 Å². The van der Waals surface area contributed by atoms with Gasteiger partial charge in [0.05, 0.1) is 5.56 Å². The Morgan fingerprint density at radius 3 is 2.60 bits per heavy atom. The Hall–Kier alpha value is -2.08. The van der Waals surface area contributed by atoms with Gasteiger partial charge in [0.2, 0.25) is 5.91 Å². The van der Waals surface area contributed by atoms with E-state index < -0.39 is 5.66 Å². The lowest BCUT2D eigenvalue weighted by Gasteiger charge is -2.56. The zero-order chi connectivity index (χ0) is 20.9. The van der Waals surface area contributed by atoms with Gasteiger partial charge in [0.1, 0.15) is 5.66 Å². The van der Waals surface area contributed by atoms with Crippen molar-refractivity contribution in [2.24, 2.45) is 17.8 Å². The van der Waals surface area contributed by atoms with E-state index in [0.717, 1.165) is 57.3 Å². The summed E-state index contributed by atoms with van der Waals surface area (Å²) in [5.74, 6) is 0.940. The molecule has 6 heteroatoms. The van der Waals surface area contributed by atoms with Crippen LogP contribution in [-0.2, 0) is 4.79 Å². The fourth-order valence-electron chi connectivity index (χ4n) is 6.33. The van der Waals surface area contributed by atoms with Gasteiger partial charge in [-0.3, -0.25) is 9.59 Å². The monoisotopic (exact) mass is 410 g/mol. The summed E-state index contributed by atoms with van der Waals surface area (Å²) in [6.45, 7) is 6.61. The first-order valence-corrected chi connectivity index (χ1v) is 11.7. The van der Waals surface area contributed by atoms with E-state index in [1.165, 1.54) is 0 Å². The third kappa shape index (κ3) is 3.39. The first-order valence-electron chi connectivity index (χ1n) is 11.7. The van der Waals surface area contributed by atoms with Crippen molar-refractivity contribution in [3.05, 3.63) is 29.8 Å². The van der Waals surface area contributed by atoms with Gasteiger partial charge in [-0.05, 0) is 70.4 Å². The summed E-state index contributed by atoms with van der Waals surface area (Å²) in [6.07, 6.45) is 5.93. The number of benzene rings is 1. The topological polar surface area (TPSA) is 73.5 Å². The van der Waals surface area contributed by atoms with Gasteiger partial charge in [-0.15, -0.1) is 0 Å². The molecule has 1 aromatic carbocycles. The number of nitrogens with one attached hydrogen (secondary N) is 3. The Morgan fingerprint density at radius 2 is 1.90 bits per heavy atom. The molecular weight excluding hydrogens is 376 g/mol. The van der Waals surface area contributed by atoms with Gasteiger partial charge in [0.25, 0.3) is 5.91 Å². The van der Waals surface area contributed by atoms with E-state index in [1.54, 1.807) is 0 Å². The molecule has 2 heterocycles. The van der Waals surface area contributed by atoms with Gasteiger partial charge in [-0.1, -0.05) is 12.1 Å². The highest BCUT2D eigenvalue weighted by Gasteiger charge is 2.55. The molecule has 6 nitrogen and oxygen atoms in total. The number of carbonyl (C=O) groups excluding carboxylic acids is 2. The third-order valence-corrected chi connectivity index (χ3v) is 8.08. The molecule has 1 saturated heterocycles. The molecule has 3 unspecified atom stereocenters. The van der Waals surface area contributed by atoms with Crippen molar-refractivity contribution < 1.29 is 9.59 Å². The fraction of sp³-hybridized carbons (Fsp3) is 0.667. The second-order valence-electron chi connectivity index (χ2n) is 10.1. The first kappa shape index (κ1) is 19.9. The minimum absolute atomic E-state index is 0.00909. The van der Waals surface area contributed by atoms with Crippen LogP contribution in [0.1, 0.15) is 62.7 Å². The van der Waals surface area contributed by atoms with Crippen molar-refractivity contribution in [2.75, 3.05) is 18.4 Å². The van der Waals surface area contributed by atoms with E-state index in [1.807, 2.05) is 24.3 Å². The van der Waals surface area contributed by atoms with Gasteiger partial charge < -0.3 is 20.9 Å². The molecule has 5 aliphatic rings. The van der Waals surface area contributed by atoms with E-state index in [-0.39, 0.29) is 17.7 Å². The normalized spacial score (nSPS) is 33.8. The average Bonchev–Trinajstić information content (AvgIpc) is 2.74. The van der Waals surface area contributed by atoms with E-state index in [2.05, 4.69) is 34.7 Å². The average molecular weight is 411 g/mol. The second-order valence-corrected chi connectivity index (χ2v) is 10.1. The molecule has 4 atom stereocenters. The van der Waals surface area contributed by atoms with E-state index in [9.17, 15) is 9.59 Å². The molecular formula is C24H34N4O2. The quantitative estimate of drug-likeness (QED) is 0.716. The lowest BCUT2D eigenvalue weighted by atomic mass is 9.58. The van der Waals surface area contributed by atoms with Crippen LogP contribution >= 0.6 is 0 Å². The van der Waals surface area contributed by atoms with Crippen LogP contribution in [0.25, 0.3) is 0 Å². The second kappa shape index (κ2) is 7.56. The highest BCUT2D eigenvalue weighted by Crippen LogP contribution is 2.51. The van der Waals surface area contributed by atoms with Gasteiger partial charge in [0.15, 0.2) is 0 Å². The van der Waals surface area contributed by atoms with Crippen LogP contribution in [0.4, 0.5) is 5.69 Å². The predicted molar refractivity (Wildman–Crippen MR) is 117 cm³/mol. The number of hydrogen-bond acceptors (Lipinski definition) is 4. The van der Waals surface area contributed by atoms with Gasteiger partial charge in [-0.2, -0.15) is 0 Å². The summed E-state index contributed by atoms with van der Waals surface area (Å²) in [5.41, 5.74) is 1.24. The van der Waals surface area contributed by atoms with Gasteiger partial charge in [-0.25, -0.2) is 0 Å². The largest absolute Gasteiger partial charge is 0.362 e. The zero-order valence-electron chi connectivity index (χ0n) is 18.1. The van der Waals surface area contributed by atoms with Crippen LogP contribution < -0.4 is 16.0 Å². The zero-order valence-corrected chi connectivity index (χ0v) is 18.1. The summed E-state index contributed by atoms with van der Waals surface area (Å²) in [6, 6.07) is 8.62. The van der Waals surface area contributed by atoms with E-state index in [4.69, 9.17) is 0 Å². The predicted octanol–water partition coefficient (Wildman–Crippen LogP) is 2.96. The Morgan fingerprint density at radius 1 is 1.13 bits per heavy atom. The van der Waals surface area contributed by atoms with E-state index in [0.29, 0.717) is 29.5 Å². The van der Waals surface area contributed by atoms with Crippen LogP contribution in [0.15, 0.2) is 24.3 Å². The number of carbonyl (C=O) groups is 2. The third-order valence-electron chi connectivity index (χ3n) is 8.08. The SMILES string of the molecule is CC(C)N1CCC(NC(=O)C2CC3CCC2C[C@@]32NC(=O)c3ccccc3N2)CC1. The van der Waals surface area contributed by atoms with Crippen molar-refractivity contribution >= 4 is 17.5 Å². The van der Waals surface area contributed by atoms with Crippen LogP contribution in [0.3, 0.4) is 0 Å². The maximum absolute atomic E-state index is 13.2. The number of para-hydroxylation sites is 1. The summed E-state index contributed by atoms with van der Waals surface area (Å²) < 4.78 is 0. The molecule has 1 aromatic rings. The van der Waals surface area contributed by atoms with Crippen molar-refractivity contribution in [1.29, 1.82) is 0 Å². The van der Waals surface area contributed by atoms with Crippen LogP contribution in [0, 0.1) is 17.8 Å². The molecule has 2 aliphatic heterocycles. The number of hydrogen-bond donors (Lipinski definition) is 3. The van der Waals surface area contributed by atoms with Crippen molar-refractivity contribution in [3.8, 4) is 0 Å². The smallest absolute Gasteiger partial charge is 0.255 e. The van der Waals surface area contributed by atoms with Crippen LogP contribution in [0.5, 0.6) is 0 Å². The molecule has 6 rings (SSSR count). The molecule has 3 saturated carbocycles. The molecule has 0 radical (unpaired) electrons. The molecule has 4 fully saturated rings. The number of rotatable bonds is 3. The fourth-order valence-corrected chi connectivity index (χ4v) is 6.33. The Balaban J connectivity index is 1.24. The van der Waals surface area contributed by atoms with Crippen LogP contribution in [0.2, 0.25) is 0 Å². The summed E-state index contributed by atoms with van der Waals surface area (Å²) in [4.78, 5) is 28.4. The van der Waals surface area contributed by atoms with Crippen molar-refractivity contribution in [2.45, 2.75) is 70.1 Å². The van der Waals surface area contributed by atoms with Crippen LogP contribution in [-0.4, -0.2) is 47.6 Å². The minimum atomic E-state index is -0.395. The standard InChI is InChI=1S/C24H34N4O2/c1-15(2)28-11-9-18(10-12-28)25-22(29)20-13-17-8-7-16(20)14-24(17)26-21-6-4-3-5-19(21)23(30)27-24/h3-6,15-18,20,26H,7-14H2,1-2H3,(H,25,29)(H,27,30)/t16?,17?,20?,24-/m1/s1. The van der Waals surface area contributed by atoms with Gasteiger partial charge in [0, 0.05) is 42.7 Å². The first-order chi connectivity index (χ1) is 14.4. The highest BCUT2D eigenvalue weighted by molar-refractivity contribution is 6.02. The molecule has 0 aromatic heterocycles. The lowest BCUT2D eigenvalue weighted by molar-refractivity contribution is -0.133. The molecule has 2 bridgehead atoms. The number of fused-ring (bicyclic) bond motifs is 3. The molecule has 2 amide bonds. The van der Waals surface area contributed by atoms with Crippen molar-refractivity contribution in [1.82, 2.24) is 15.5 Å². The molecule has 30 heavy (non-hydrogen) atoms. The Kier molecular flexibility index (Phi) is 5.00. The number of piperidine rings is 1. The number of anilines is 1. The summed E-state index contributed by atoms with van der Waals surface area (Å²) in [5, 5.41) is 10.3. The summed E-state index contributed by atoms with van der Waals surface area (Å²) in [7, 11) is 0. The molecule has 3 N–H and O–H groups in total. The maximum Gasteiger partial charge on any atom is 0.255 e. The maximum atomic E-state index is 13.2. The van der Waals surface area contributed by atoms with E-state index >= 15 is 0 Å². The minimum Gasteiger partial charge on any atom is -0.362 e. The number of amides is 2. The Bertz CT molecular complexity index is 832. The number of likely N-dealkylation sites (tertiary alicyclic amines) is 1. The molecule has 1 spiro atoms. The Labute approximate surface area is 179 Å².